The zero-order valence-electron chi connectivity index (χ0n) is 10.2. The topological polar surface area (TPSA) is 64.9 Å². The Balaban J connectivity index is 1.59. The van der Waals surface area contributed by atoms with Gasteiger partial charge in [0, 0.05) is 37.6 Å². The Hall–Kier alpha value is -1.95. The van der Waals surface area contributed by atoms with E-state index in [0.29, 0.717) is 17.8 Å². The highest BCUT2D eigenvalue weighted by molar-refractivity contribution is 5.17. The van der Waals surface area contributed by atoms with Gasteiger partial charge in [-0.2, -0.15) is 5.10 Å². The van der Waals surface area contributed by atoms with Crippen molar-refractivity contribution in [2.45, 2.75) is 25.4 Å². The molecule has 6 nitrogen and oxygen atoms in total. The fourth-order valence-electron chi connectivity index (χ4n) is 1.59. The molecular formula is C12H15N5O. The first-order valence-corrected chi connectivity index (χ1v) is 6.00. The summed E-state index contributed by atoms with van der Waals surface area (Å²) in [7, 11) is 1.83. The molecule has 0 bridgehead atoms. The zero-order chi connectivity index (χ0) is 12.4. The van der Waals surface area contributed by atoms with Crippen LogP contribution in [0.3, 0.4) is 0 Å². The second-order valence-corrected chi connectivity index (χ2v) is 4.48. The van der Waals surface area contributed by atoms with Gasteiger partial charge in [-0.3, -0.25) is 4.68 Å². The van der Waals surface area contributed by atoms with E-state index in [1.165, 1.54) is 12.8 Å². The minimum absolute atomic E-state index is 0.346. The van der Waals surface area contributed by atoms with Crippen LogP contribution in [-0.2, 0) is 13.6 Å². The van der Waals surface area contributed by atoms with Crippen LogP contribution >= 0.6 is 0 Å². The van der Waals surface area contributed by atoms with Gasteiger partial charge in [0.2, 0.25) is 0 Å². The van der Waals surface area contributed by atoms with Crippen LogP contribution in [0.4, 0.5) is 0 Å². The summed E-state index contributed by atoms with van der Waals surface area (Å²) in [6.45, 7) is 0.817. The Bertz CT molecular complexity index is 518. The van der Waals surface area contributed by atoms with Crippen molar-refractivity contribution in [3.05, 3.63) is 30.4 Å². The van der Waals surface area contributed by atoms with Crippen LogP contribution < -0.4 is 10.1 Å². The molecule has 2 heterocycles. The lowest BCUT2D eigenvalue weighted by Crippen LogP contribution is -2.15. The van der Waals surface area contributed by atoms with Gasteiger partial charge >= 0.3 is 6.01 Å². The quantitative estimate of drug-likeness (QED) is 0.859. The highest BCUT2D eigenvalue weighted by Crippen LogP contribution is 2.19. The second-order valence-electron chi connectivity index (χ2n) is 4.48. The van der Waals surface area contributed by atoms with Crippen molar-refractivity contribution >= 4 is 0 Å². The van der Waals surface area contributed by atoms with Crippen LogP contribution in [0.1, 0.15) is 18.4 Å². The number of aromatic nitrogens is 4. The van der Waals surface area contributed by atoms with Gasteiger partial charge in [0.1, 0.15) is 0 Å². The molecule has 6 heteroatoms. The van der Waals surface area contributed by atoms with E-state index in [4.69, 9.17) is 4.74 Å². The first-order chi connectivity index (χ1) is 8.79. The summed E-state index contributed by atoms with van der Waals surface area (Å²) in [5, 5.41) is 7.42. The molecule has 0 spiro atoms. The Kier molecular flexibility index (Phi) is 2.93. The number of ether oxygens (including phenoxy) is 1. The van der Waals surface area contributed by atoms with Gasteiger partial charge in [-0.25, -0.2) is 9.97 Å². The van der Waals surface area contributed by atoms with Crippen molar-refractivity contribution < 1.29 is 4.74 Å². The summed E-state index contributed by atoms with van der Waals surface area (Å²) in [6.07, 6.45) is 9.53. The third-order valence-corrected chi connectivity index (χ3v) is 2.74. The number of nitrogens with one attached hydrogen (secondary N) is 1. The van der Waals surface area contributed by atoms with Crippen molar-refractivity contribution in [1.29, 1.82) is 0 Å². The molecule has 1 N–H and O–H groups in total. The van der Waals surface area contributed by atoms with Gasteiger partial charge in [0.15, 0.2) is 5.75 Å². The van der Waals surface area contributed by atoms with Gasteiger partial charge < -0.3 is 10.1 Å². The second kappa shape index (κ2) is 4.73. The van der Waals surface area contributed by atoms with Crippen molar-refractivity contribution in [1.82, 2.24) is 25.1 Å². The molecule has 2 aromatic rings. The van der Waals surface area contributed by atoms with Crippen LogP contribution in [0.2, 0.25) is 0 Å². The predicted molar refractivity (Wildman–Crippen MR) is 65.2 cm³/mol. The number of nitrogens with zero attached hydrogens (tertiary/aromatic N) is 4. The van der Waals surface area contributed by atoms with Gasteiger partial charge in [-0.15, -0.1) is 0 Å². The zero-order valence-corrected chi connectivity index (χ0v) is 10.2. The molecule has 0 unspecified atom stereocenters. The van der Waals surface area contributed by atoms with E-state index in [2.05, 4.69) is 20.4 Å². The van der Waals surface area contributed by atoms with Crippen molar-refractivity contribution in [3.8, 4) is 11.8 Å². The monoisotopic (exact) mass is 245 g/mol. The summed E-state index contributed by atoms with van der Waals surface area (Å²) in [4.78, 5) is 8.34. The summed E-state index contributed by atoms with van der Waals surface area (Å²) in [5.74, 6) is 0.640. The molecule has 1 saturated carbocycles. The summed E-state index contributed by atoms with van der Waals surface area (Å²) in [5.41, 5.74) is 1.07. The molecule has 1 aliphatic rings. The van der Waals surface area contributed by atoms with Crippen LogP contribution in [0.25, 0.3) is 0 Å². The number of hydrogen-bond acceptors (Lipinski definition) is 5. The van der Waals surface area contributed by atoms with Crippen molar-refractivity contribution in [2.24, 2.45) is 7.05 Å². The Morgan fingerprint density at radius 2 is 2.11 bits per heavy atom. The molecule has 3 rings (SSSR count). The van der Waals surface area contributed by atoms with E-state index in [0.717, 1.165) is 12.1 Å². The van der Waals surface area contributed by atoms with Gasteiger partial charge in [-0.1, -0.05) is 0 Å². The largest absolute Gasteiger partial charge is 0.421 e. The molecule has 1 aliphatic carbocycles. The highest BCUT2D eigenvalue weighted by Gasteiger charge is 2.19. The van der Waals surface area contributed by atoms with Crippen molar-refractivity contribution in [3.63, 3.8) is 0 Å². The number of hydrogen-bond donors (Lipinski definition) is 1. The van der Waals surface area contributed by atoms with Gasteiger partial charge in [0.05, 0.1) is 12.4 Å². The first kappa shape index (κ1) is 11.2. The van der Waals surface area contributed by atoms with Crippen LogP contribution in [0, 0.1) is 0 Å². The van der Waals surface area contributed by atoms with Crippen LogP contribution in [0.15, 0.2) is 24.8 Å². The summed E-state index contributed by atoms with van der Waals surface area (Å²) in [6, 6.07) is 1.04. The molecule has 94 valence electrons. The molecule has 0 amide bonds. The first-order valence-electron chi connectivity index (χ1n) is 6.00. The molecular weight excluding hydrogens is 230 g/mol. The van der Waals surface area contributed by atoms with E-state index >= 15 is 0 Å². The van der Waals surface area contributed by atoms with E-state index in [9.17, 15) is 0 Å². The third-order valence-electron chi connectivity index (χ3n) is 2.74. The minimum Gasteiger partial charge on any atom is -0.421 e. The average Bonchev–Trinajstić information content (AvgIpc) is 3.12. The minimum atomic E-state index is 0.346. The summed E-state index contributed by atoms with van der Waals surface area (Å²) < 4.78 is 7.14. The maximum absolute atomic E-state index is 5.47. The molecule has 1 fully saturated rings. The maximum Gasteiger partial charge on any atom is 0.321 e. The fraction of sp³-hybridized carbons (Fsp3) is 0.417. The molecule has 0 aliphatic heterocycles. The van der Waals surface area contributed by atoms with Gasteiger partial charge in [-0.05, 0) is 12.8 Å². The highest BCUT2D eigenvalue weighted by atomic mass is 16.5. The van der Waals surface area contributed by atoms with Crippen LogP contribution in [-0.4, -0.2) is 25.8 Å². The molecule has 18 heavy (non-hydrogen) atoms. The number of aryl methyl sites for hydroxylation is 1. The lowest BCUT2D eigenvalue weighted by atomic mass is 10.3. The van der Waals surface area contributed by atoms with E-state index in [1.54, 1.807) is 29.5 Å². The standard InChI is InChI=1S/C12H15N5O/c1-17-8-11(7-16-17)18-12-14-5-9(6-15-12)4-13-10-2-3-10/h5-8,10,13H,2-4H2,1H3. The molecule has 0 aromatic carbocycles. The molecule has 0 atom stereocenters. The fourth-order valence-corrected chi connectivity index (χ4v) is 1.59. The van der Waals surface area contributed by atoms with E-state index < -0.39 is 0 Å². The molecule has 0 saturated heterocycles. The Labute approximate surface area is 105 Å². The number of rotatable bonds is 5. The van der Waals surface area contributed by atoms with Crippen LogP contribution in [0.5, 0.6) is 11.8 Å². The summed E-state index contributed by atoms with van der Waals surface area (Å²) >= 11 is 0. The lowest BCUT2D eigenvalue weighted by molar-refractivity contribution is 0.440. The van der Waals surface area contributed by atoms with E-state index in [1.807, 2.05) is 7.05 Å². The smallest absolute Gasteiger partial charge is 0.321 e. The SMILES string of the molecule is Cn1cc(Oc2ncc(CNC3CC3)cn2)cn1. The average molecular weight is 245 g/mol. The Morgan fingerprint density at radius 1 is 1.33 bits per heavy atom. The van der Waals surface area contributed by atoms with E-state index in [-0.39, 0.29) is 0 Å². The lowest BCUT2D eigenvalue weighted by Gasteiger charge is -2.03. The molecule has 2 aromatic heterocycles. The van der Waals surface area contributed by atoms with Crippen molar-refractivity contribution in [2.75, 3.05) is 0 Å². The third kappa shape index (κ3) is 2.84. The van der Waals surface area contributed by atoms with Gasteiger partial charge in [0.25, 0.3) is 0 Å². The predicted octanol–water partition coefficient (Wildman–Crippen LogP) is 1.25. The Morgan fingerprint density at radius 3 is 2.72 bits per heavy atom. The maximum atomic E-state index is 5.47. The molecule has 0 radical (unpaired) electrons. The normalized spacial score (nSPS) is 14.7.